The van der Waals surface area contributed by atoms with E-state index in [0.29, 0.717) is 29.2 Å². The molecule has 1 heterocycles. The molecule has 3 aromatic rings. The van der Waals surface area contributed by atoms with E-state index in [-0.39, 0.29) is 17.5 Å². The summed E-state index contributed by atoms with van der Waals surface area (Å²) in [6.45, 7) is 4.45. The molecule has 1 aliphatic heterocycles. The number of hydrogen-bond donors (Lipinski definition) is 1. The van der Waals surface area contributed by atoms with Gasteiger partial charge in [-0.05, 0) is 55.8 Å². The Morgan fingerprint density at radius 3 is 2.13 bits per heavy atom. The van der Waals surface area contributed by atoms with E-state index in [2.05, 4.69) is 5.32 Å². The van der Waals surface area contributed by atoms with Crippen molar-refractivity contribution >= 4 is 28.8 Å². The summed E-state index contributed by atoms with van der Waals surface area (Å²) in [5.41, 5.74) is 3.68. The summed E-state index contributed by atoms with van der Waals surface area (Å²) in [4.78, 5) is 27.9. The van der Waals surface area contributed by atoms with E-state index < -0.39 is 0 Å². The molecule has 2 amide bonds. The van der Waals surface area contributed by atoms with Gasteiger partial charge in [0.15, 0.2) is 0 Å². The second-order valence-electron chi connectivity index (χ2n) is 6.98. The highest BCUT2D eigenvalue weighted by molar-refractivity contribution is 6.46. The van der Waals surface area contributed by atoms with Crippen molar-refractivity contribution in [1.82, 2.24) is 0 Å². The fraction of sp³-hybridized carbons (Fsp3) is 0.120. The summed E-state index contributed by atoms with van der Waals surface area (Å²) in [6.07, 6.45) is 0. The van der Waals surface area contributed by atoms with E-state index in [4.69, 9.17) is 4.74 Å². The molecule has 0 saturated carbocycles. The minimum Gasteiger partial charge on any atom is -0.494 e. The number of carbonyl (C=O) groups is 2. The number of nitrogens with one attached hydrogen (secondary N) is 1. The first-order valence-corrected chi connectivity index (χ1v) is 9.83. The SMILES string of the molecule is CCOc1ccc(N2C(=O)C(Nc3ccc(C)cc3)=C(c3ccccc3)C2=O)cc1. The summed E-state index contributed by atoms with van der Waals surface area (Å²) in [7, 11) is 0. The van der Waals surface area contributed by atoms with Crippen molar-refractivity contribution in [3.05, 3.63) is 95.7 Å². The average molecular weight is 398 g/mol. The molecule has 5 heteroatoms. The molecule has 30 heavy (non-hydrogen) atoms. The molecule has 3 aromatic carbocycles. The maximum Gasteiger partial charge on any atom is 0.282 e. The molecular weight excluding hydrogens is 376 g/mol. The van der Waals surface area contributed by atoms with Gasteiger partial charge in [-0.25, -0.2) is 4.90 Å². The predicted molar refractivity (Wildman–Crippen MR) is 118 cm³/mol. The summed E-state index contributed by atoms with van der Waals surface area (Å²) in [5, 5.41) is 3.17. The lowest BCUT2D eigenvalue weighted by Crippen LogP contribution is -2.32. The van der Waals surface area contributed by atoms with Crippen LogP contribution in [0.4, 0.5) is 11.4 Å². The Kier molecular flexibility index (Phi) is 5.35. The molecule has 5 nitrogen and oxygen atoms in total. The minimum absolute atomic E-state index is 0.268. The highest BCUT2D eigenvalue weighted by Crippen LogP contribution is 2.34. The third-order valence-electron chi connectivity index (χ3n) is 4.87. The van der Waals surface area contributed by atoms with Gasteiger partial charge >= 0.3 is 0 Å². The van der Waals surface area contributed by atoms with E-state index in [1.807, 2.05) is 68.4 Å². The first-order chi connectivity index (χ1) is 14.6. The standard InChI is InChI=1S/C25H22N2O3/c1-3-30-21-15-13-20(14-16-21)27-24(28)22(18-7-5-4-6-8-18)23(25(27)29)26-19-11-9-17(2)10-12-19/h4-16,26H,3H2,1-2H3. The van der Waals surface area contributed by atoms with Gasteiger partial charge in [-0.2, -0.15) is 0 Å². The summed E-state index contributed by atoms with van der Waals surface area (Å²) >= 11 is 0. The van der Waals surface area contributed by atoms with Crippen LogP contribution in [-0.4, -0.2) is 18.4 Å². The third kappa shape index (κ3) is 3.70. The molecule has 4 rings (SSSR count). The lowest BCUT2D eigenvalue weighted by Gasteiger charge is -2.16. The van der Waals surface area contributed by atoms with Gasteiger partial charge in [-0.3, -0.25) is 9.59 Å². The molecule has 0 saturated heterocycles. The first kappa shape index (κ1) is 19.5. The van der Waals surface area contributed by atoms with Crippen molar-refractivity contribution in [2.45, 2.75) is 13.8 Å². The van der Waals surface area contributed by atoms with Crippen molar-refractivity contribution in [2.24, 2.45) is 0 Å². The molecule has 0 bridgehead atoms. The Bertz CT molecular complexity index is 1100. The van der Waals surface area contributed by atoms with Crippen molar-refractivity contribution in [3.8, 4) is 5.75 Å². The average Bonchev–Trinajstić information content (AvgIpc) is 3.01. The molecule has 1 N–H and O–H groups in total. The Labute approximate surface area is 175 Å². The summed E-state index contributed by atoms with van der Waals surface area (Å²) in [6, 6.07) is 23.9. The zero-order valence-electron chi connectivity index (χ0n) is 16.9. The van der Waals surface area contributed by atoms with Crippen molar-refractivity contribution in [1.29, 1.82) is 0 Å². The van der Waals surface area contributed by atoms with Crippen LogP contribution in [-0.2, 0) is 9.59 Å². The lowest BCUT2D eigenvalue weighted by atomic mass is 10.0. The van der Waals surface area contributed by atoms with E-state index in [1.165, 1.54) is 4.90 Å². The highest BCUT2D eigenvalue weighted by Gasteiger charge is 2.40. The van der Waals surface area contributed by atoms with Crippen LogP contribution in [0.25, 0.3) is 5.57 Å². The maximum atomic E-state index is 13.4. The zero-order chi connectivity index (χ0) is 21.1. The zero-order valence-corrected chi connectivity index (χ0v) is 16.9. The van der Waals surface area contributed by atoms with E-state index in [0.717, 1.165) is 11.3 Å². The summed E-state index contributed by atoms with van der Waals surface area (Å²) < 4.78 is 5.47. The predicted octanol–water partition coefficient (Wildman–Crippen LogP) is 4.79. The summed E-state index contributed by atoms with van der Waals surface area (Å²) in [5.74, 6) is -0.0526. The third-order valence-corrected chi connectivity index (χ3v) is 4.87. The second kappa shape index (κ2) is 8.25. The largest absolute Gasteiger partial charge is 0.494 e. The smallest absolute Gasteiger partial charge is 0.282 e. The number of anilines is 2. The van der Waals surface area contributed by atoms with Gasteiger partial charge < -0.3 is 10.1 Å². The number of carbonyl (C=O) groups excluding carboxylic acids is 2. The van der Waals surface area contributed by atoms with E-state index >= 15 is 0 Å². The normalized spacial score (nSPS) is 13.7. The Hall–Kier alpha value is -3.86. The van der Waals surface area contributed by atoms with Crippen LogP contribution in [0.1, 0.15) is 18.1 Å². The number of rotatable bonds is 6. The van der Waals surface area contributed by atoms with Crippen LogP contribution in [0, 0.1) is 6.92 Å². The van der Waals surface area contributed by atoms with Crippen LogP contribution < -0.4 is 15.0 Å². The van der Waals surface area contributed by atoms with Crippen LogP contribution in [0.5, 0.6) is 5.75 Å². The van der Waals surface area contributed by atoms with Gasteiger partial charge in [0.05, 0.1) is 17.9 Å². The number of benzene rings is 3. The molecule has 0 fully saturated rings. The van der Waals surface area contributed by atoms with Crippen LogP contribution in [0.3, 0.4) is 0 Å². The van der Waals surface area contributed by atoms with Crippen molar-refractivity contribution in [3.63, 3.8) is 0 Å². The molecule has 0 radical (unpaired) electrons. The number of nitrogens with zero attached hydrogens (tertiary/aromatic N) is 1. The quantitative estimate of drug-likeness (QED) is 0.607. The monoisotopic (exact) mass is 398 g/mol. The Balaban J connectivity index is 1.74. The Morgan fingerprint density at radius 2 is 1.50 bits per heavy atom. The fourth-order valence-corrected chi connectivity index (χ4v) is 3.39. The number of amides is 2. The van der Waals surface area contributed by atoms with Crippen LogP contribution >= 0.6 is 0 Å². The van der Waals surface area contributed by atoms with E-state index in [9.17, 15) is 9.59 Å². The van der Waals surface area contributed by atoms with Crippen molar-refractivity contribution in [2.75, 3.05) is 16.8 Å². The van der Waals surface area contributed by atoms with Gasteiger partial charge in [0.2, 0.25) is 0 Å². The molecule has 1 aliphatic rings. The van der Waals surface area contributed by atoms with Gasteiger partial charge in [0, 0.05) is 5.69 Å². The molecule has 0 spiro atoms. The number of ether oxygens (including phenoxy) is 1. The Morgan fingerprint density at radius 1 is 0.833 bits per heavy atom. The molecule has 0 aromatic heterocycles. The maximum absolute atomic E-state index is 13.4. The lowest BCUT2D eigenvalue weighted by molar-refractivity contribution is -0.120. The number of aryl methyl sites for hydroxylation is 1. The molecule has 0 aliphatic carbocycles. The molecule has 150 valence electrons. The molecule has 0 atom stereocenters. The molecule has 0 unspecified atom stereocenters. The van der Waals surface area contributed by atoms with Gasteiger partial charge in [0.25, 0.3) is 11.8 Å². The number of hydrogen-bond acceptors (Lipinski definition) is 4. The number of imide groups is 1. The first-order valence-electron chi connectivity index (χ1n) is 9.83. The van der Waals surface area contributed by atoms with E-state index in [1.54, 1.807) is 24.3 Å². The highest BCUT2D eigenvalue weighted by atomic mass is 16.5. The topological polar surface area (TPSA) is 58.6 Å². The van der Waals surface area contributed by atoms with Crippen LogP contribution in [0.15, 0.2) is 84.6 Å². The van der Waals surface area contributed by atoms with Gasteiger partial charge in [0.1, 0.15) is 11.4 Å². The van der Waals surface area contributed by atoms with Gasteiger partial charge in [-0.1, -0.05) is 48.0 Å². The van der Waals surface area contributed by atoms with Crippen molar-refractivity contribution < 1.29 is 14.3 Å². The van der Waals surface area contributed by atoms with Crippen LogP contribution in [0.2, 0.25) is 0 Å². The fourth-order valence-electron chi connectivity index (χ4n) is 3.39. The minimum atomic E-state index is -0.386. The van der Waals surface area contributed by atoms with Gasteiger partial charge in [-0.15, -0.1) is 0 Å². The second-order valence-corrected chi connectivity index (χ2v) is 6.98. The molecular formula is C25H22N2O3.